The quantitative estimate of drug-likeness (QED) is 0.906. The standard InChI is InChI=1S/C16H23NO2/c1-12-8-9-13(2)17(10-12)11-15(16(18)19)14-6-4-3-5-7-14/h3-7,12-13,15H,8-11H2,1-2H3,(H,18,19). The maximum atomic E-state index is 11.5. The molecule has 1 aromatic rings. The van der Waals surface area contributed by atoms with Crippen LogP contribution in [0.4, 0.5) is 0 Å². The molecule has 0 spiro atoms. The fraction of sp³-hybridized carbons (Fsp3) is 0.562. The Labute approximate surface area is 115 Å². The average molecular weight is 261 g/mol. The average Bonchev–Trinajstić information content (AvgIpc) is 2.40. The Balaban J connectivity index is 2.11. The fourth-order valence-corrected chi connectivity index (χ4v) is 2.88. The predicted molar refractivity (Wildman–Crippen MR) is 76.3 cm³/mol. The Hall–Kier alpha value is -1.35. The molecule has 0 radical (unpaired) electrons. The molecule has 1 aliphatic heterocycles. The number of nitrogens with zero attached hydrogens (tertiary/aromatic N) is 1. The number of benzene rings is 1. The van der Waals surface area contributed by atoms with Crippen LogP contribution in [-0.2, 0) is 4.79 Å². The van der Waals surface area contributed by atoms with E-state index in [0.29, 0.717) is 18.5 Å². The molecule has 3 unspecified atom stereocenters. The highest BCUT2D eigenvalue weighted by molar-refractivity contribution is 5.76. The Morgan fingerprint density at radius 1 is 1.32 bits per heavy atom. The molecule has 1 fully saturated rings. The number of likely N-dealkylation sites (tertiary alicyclic amines) is 1. The molecular formula is C16H23NO2. The summed E-state index contributed by atoms with van der Waals surface area (Å²) in [5, 5.41) is 9.48. The van der Waals surface area contributed by atoms with Crippen LogP contribution in [0.5, 0.6) is 0 Å². The zero-order valence-electron chi connectivity index (χ0n) is 11.7. The monoisotopic (exact) mass is 261 g/mol. The first-order valence-electron chi connectivity index (χ1n) is 7.09. The van der Waals surface area contributed by atoms with Gasteiger partial charge in [0.1, 0.15) is 0 Å². The summed E-state index contributed by atoms with van der Waals surface area (Å²) in [5.74, 6) is -0.480. The topological polar surface area (TPSA) is 40.5 Å². The van der Waals surface area contributed by atoms with E-state index >= 15 is 0 Å². The van der Waals surface area contributed by atoms with Gasteiger partial charge in [-0.15, -0.1) is 0 Å². The summed E-state index contributed by atoms with van der Waals surface area (Å²) >= 11 is 0. The van der Waals surface area contributed by atoms with Crippen LogP contribution in [0, 0.1) is 5.92 Å². The Bertz CT molecular complexity index is 418. The number of hydrogen-bond acceptors (Lipinski definition) is 2. The summed E-state index contributed by atoms with van der Waals surface area (Å²) in [7, 11) is 0. The number of hydrogen-bond donors (Lipinski definition) is 1. The lowest BCUT2D eigenvalue weighted by molar-refractivity contribution is -0.139. The Morgan fingerprint density at radius 2 is 2.00 bits per heavy atom. The molecule has 0 bridgehead atoms. The van der Waals surface area contributed by atoms with Gasteiger partial charge in [-0.25, -0.2) is 0 Å². The summed E-state index contributed by atoms with van der Waals surface area (Å²) in [4.78, 5) is 13.9. The minimum atomic E-state index is -0.725. The molecule has 3 heteroatoms. The van der Waals surface area contributed by atoms with Crippen molar-refractivity contribution < 1.29 is 9.90 Å². The first-order chi connectivity index (χ1) is 9.08. The van der Waals surface area contributed by atoms with Crippen LogP contribution in [0.3, 0.4) is 0 Å². The van der Waals surface area contributed by atoms with E-state index in [1.54, 1.807) is 0 Å². The van der Waals surface area contributed by atoms with Crippen LogP contribution in [0.15, 0.2) is 30.3 Å². The smallest absolute Gasteiger partial charge is 0.312 e. The summed E-state index contributed by atoms with van der Waals surface area (Å²) in [6, 6.07) is 10.1. The predicted octanol–water partition coefficient (Wildman–Crippen LogP) is 2.98. The number of piperidine rings is 1. The molecule has 1 N–H and O–H groups in total. The molecule has 104 valence electrons. The highest BCUT2D eigenvalue weighted by Gasteiger charge is 2.28. The molecule has 3 atom stereocenters. The second-order valence-electron chi connectivity index (χ2n) is 5.79. The number of aliphatic carboxylic acids is 1. The SMILES string of the molecule is CC1CCC(C)N(CC(C(=O)O)c2ccccc2)C1. The molecule has 3 nitrogen and oxygen atoms in total. The van der Waals surface area contributed by atoms with Crippen LogP contribution < -0.4 is 0 Å². The maximum Gasteiger partial charge on any atom is 0.312 e. The second-order valence-corrected chi connectivity index (χ2v) is 5.79. The number of carbonyl (C=O) groups is 1. The third-order valence-electron chi connectivity index (χ3n) is 4.16. The van der Waals surface area contributed by atoms with E-state index in [4.69, 9.17) is 0 Å². The molecular weight excluding hydrogens is 238 g/mol. The molecule has 1 saturated heterocycles. The van der Waals surface area contributed by atoms with Gasteiger partial charge in [0.15, 0.2) is 0 Å². The van der Waals surface area contributed by atoms with E-state index in [-0.39, 0.29) is 0 Å². The van der Waals surface area contributed by atoms with E-state index in [1.807, 2.05) is 30.3 Å². The second kappa shape index (κ2) is 6.20. The Kier molecular flexibility index (Phi) is 4.59. The molecule has 0 aliphatic carbocycles. The lowest BCUT2D eigenvalue weighted by Gasteiger charge is -2.38. The van der Waals surface area contributed by atoms with E-state index in [1.165, 1.54) is 12.8 Å². The van der Waals surface area contributed by atoms with Crippen molar-refractivity contribution >= 4 is 5.97 Å². The summed E-state index contributed by atoms with van der Waals surface area (Å²) in [6.07, 6.45) is 2.42. The summed E-state index contributed by atoms with van der Waals surface area (Å²) < 4.78 is 0. The van der Waals surface area contributed by atoms with E-state index in [2.05, 4.69) is 18.7 Å². The molecule has 19 heavy (non-hydrogen) atoms. The van der Waals surface area contributed by atoms with Crippen LogP contribution in [0.1, 0.15) is 38.2 Å². The Morgan fingerprint density at radius 3 is 2.63 bits per heavy atom. The van der Waals surface area contributed by atoms with Crippen molar-refractivity contribution in [1.29, 1.82) is 0 Å². The lowest BCUT2D eigenvalue weighted by atomic mass is 9.92. The highest BCUT2D eigenvalue weighted by atomic mass is 16.4. The third kappa shape index (κ3) is 3.57. The zero-order chi connectivity index (χ0) is 13.8. The molecule has 1 aliphatic rings. The van der Waals surface area contributed by atoms with Gasteiger partial charge in [-0.3, -0.25) is 9.69 Å². The van der Waals surface area contributed by atoms with Gasteiger partial charge in [-0.05, 0) is 31.2 Å². The van der Waals surface area contributed by atoms with E-state index in [0.717, 1.165) is 12.1 Å². The number of carboxylic acid groups (broad SMARTS) is 1. The van der Waals surface area contributed by atoms with Crippen molar-refractivity contribution in [1.82, 2.24) is 4.90 Å². The van der Waals surface area contributed by atoms with Crippen LogP contribution in [-0.4, -0.2) is 35.1 Å². The van der Waals surface area contributed by atoms with Gasteiger partial charge in [0.05, 0.1) is 5.92 Å². The summed E-state index contributed by atoms with van der Waals surface area (Å²) in [5.41, 5.74) is 0.903. The first-order valence-corrected chi connectivity index (χ1v) is 7.09. The van der Waals surface area contributed by atoms with Crippen LogP contribution in [0.25, 0.3) is 0 Å². The van der Waals surface area contributed by atoms with E-state index < -0.39 is 11.9 Å². The molecule has 0 saturated carbocycles. The van der Waals surface area contributed by atoms with Gasteiger partial charge >= 0.3 is 5.97 Å². The minimum absolute atomic E-state index is 0.422. The minimum Gasteiger partial charge on any atom is -0.481 e. The van der Waals surface area contributed by atoms with Crippen LogP contribution >= 0.6 is 0 Å². The highest BCUT2D eigenvalue weighted by Crippen LogP contribution is 2.25. The van der Waals surface area contributed by atoms with Gasteiger partial charge in [-0.1, -0.05) is 37.3 Å². The van der Waals surface area contributed by atoms with Gasteiger partial charge < -0.3 is 5.11 Å². The summed E-state index contributed by atoms with van der Waals surface area (Å²) in [6.45, 7) is 6.08. The van der Waals surface area contributed by atoms with Crippen LogP contribution in [0.2, 0.25) is 0 Å². The van der Waals surface area contributed by atoms with Gasteiger partial charge in [-0.2, -0.15) is 0 Å². The van der Waals surface area contributed by atoms with Gasteiger partial charge in [0.2, 0.25) is 0 Å². The molecule has 1 heterocycles. The fourth-order valence-electron chi connectivity index (χ4n) is 2.88. The van der Waals surface area contributed by atoms with Crippen molar-refractivity contribution in [2.24, 2.45) is 5.92 Å². The number of carboxylic acids is 1. The van der Waals surface area contributed by atoms with Gasteiger partial charge in [0.25, 0.3) is 0 Å². The van der Waals surface area contributed by atoms with E-state index in [9.17, 15) is 9.90 Å². The van der Waals surface area contributed by atoms with Crippen molar-refractivity contribution in [2.45, 2.75) is 38.6 Å². The van der Waals surface area contributed by atoms with Crippen molar-refractivity contribution in [3.05, 3.63) is 35.9 Å². The molecule has 0 aromatic heterocycles. The molecule has 2 rings (SSSR count). The first kappa shape index (κ1) is 14.1. The maximum absolute atomic E-state index is 11.5. The molecule has 0 amide bonds. The van der Waals surface area contributed by atoms with Crippen molar-refractivity contribution in [2.75, 3.05) is 13.1 Å². The largest absolute Gasteiger partial charge is 0.481 e. The van der Waals surface area contributed by atoms with Crippen molar-refractivity contribution in [3.8, 4) is 0 Å². The molecule has 1 aromatic carbocycles. The van der Waals surface area contributed by atoms with Crippen molar-refractivity contribution in [3.63, 3.8) is 0 Å². The third-order valence-corrected chi connectivity index (χ3v) is 4.16. The normalized spacial score (nSPS) is 26.0. The number of rotatable bonds is 4. The lowest BCUT2D eigenvalue weighted by Crippen LogP contribution is -2.44. The van der Waals surface area contributed by atoms with Gasteiger partial charge in [0, 0.05) is 19.1 Å². The zero-order valence-corrected chi connectivity index (χ0v) is 11.7.